The summed E-state index contributed by atoms with van der Waals surface area (Å²) in [4.78, 5) is 5.23. The molecular formula is C19H16F3NOS. The third kappa shape index (κ3) is 4.20. The Morgan fingerprint density at radius 2 is 1.80 bits per heavy atom. The smallest absolute Gasteiger partial charge is 0.416 e. The van der Waals surface area contributed by atoms with Gasteiger partial charge in [0.15, 0.2) is 0 Å². The van der Waals surface area contributed by atoms with E-state index in [0.29, 0.717) is 10.6 Å². The van der Waals surface area contributed by atoms with E-state index in [1.165, 1.54) is 23.5 Å². The Morgan fingerprint density at radius 1 is 1.08 bits per heavy atom. The molecule has 0 amide bonds. The van der Waals surface area contributed by atoms with Crippen LogP contribution in [-0.2, 0) is 6.18 Å². The first kappa shape index (κ1) is 17.5. The number of alkyl halides is 3. The van der Waals surface area contributed by atoms with Gasteiger partial charge in [0.05, 0.1) is 10.4 Å². The fraction of sp³-hybridized carbons (Fsp3) is 0.211. The first-order valence-corrected chi connectivity index (χ1v) is 8.51. The highest BCUT2D eigenvalue weighted by atomic mass is 32.1. The lowest BCUT2D eigenvalue weighted by Gasteiger charge is -2.13. The molecule has 0 radical (unpaired) electrons. The molecule has 0 aliphatic carbocycles. The van der Waals surface area contributed by atoms with Crippen LogP contribution in [0.1, 0.15) is 29.0 Å². The van der Waals surface area contributed by atoms with Crippen LogP contribution in [0.15, 0.2) is 54.7 Å². The van der Waals surface area contributed by atoms with Crippen molar-refractivity contribution in [3.8, 4) is 16.3 Å². The monoisotopic (exact) mass is 363 g/mol. The van der Waals surface area contributed by atoms with Crippen LogP contribution in [0.3, 0.4) is 0 Å². The van der Waals surface area contributed by atoms with Gasteiger partial charge in [0.1, 0.15) is 16.9 Å². The molecule has 3 aromatic rings. The zero-order chi connectivity index (χ0) is 18.0. The first-order valence-electron chi connectivity index (χ1n) is 7.69. The molecule has 0 bridgehead atoms. The van der Waals surface area contributed by atoms with E-state index < -0.39 is 11.7 Å². The molecule has 25 heavy (non-hydrogen) atoms. The van der Waals surface area contributed by atoms with Gasteiger partial charge in [-0.2, -0.15) is 13.2 Å². The summed E-state index contributed by atoms with van der Waals surface area (Å²) >= 11 is 1.41. The van der Waals surface area contributed by atoms with E-state index in [2.05, 4.69) is 4.98 Å². The predicted molar refractivity (Wildman–Crippen MR) is 92.8 cm³/mol. The van der Waals surface area contributed by atoms with Gasteiger partial charge in [0, 0.05) is 11.8 Å². The van der Waals surface area contributed by atoms with Gasteiger partial charge in [-0.25, -0.2) is 4.98 Å². The second kappa shape index (κ2) is 6.88. The largest absolute Gasteiger partial charge is 0.485 e. The maximum atomic E-state index is 12.6. The van der Waals surface area contributed by atoms with Crippen molar-refractivity contribution < 1.29 is 17.9 Å². The van der Waals surface area contributed by atoms with E-state index in [-0.39, 0.29) is 6.10 Å². The van der Waals surface area contributed by atoms with Gasteiger partial charge in [0.25, 0.3) is 0 Å². The fourth-order valence-corrected chi connectivity index (χ4v) is 3.26. The van der Waals surface area contributed by atoms with Crippen molar-refractivity contribution in [1.82, 2.24) is 4.98 Å². The zero-order valence-electron chi connectivity index (χ0n) is 13.7. The van der Waals surface area contributed by atoms with Crippen molar-refractivity contribution >= 4 is 11.3 Å². The van der Waals surface area contributed by atoms with Gasteiger partial charge in [-0.15, -0.1) is 11.3 Å². The molecule has 2 nitrogen and oxygen atoms in total. The zero-order valence-corrected chi connectivity index (χ0v) is 14.5. The Bertz CT molecular complexity index is 856. The van der Waals surface area contributed by atoms with Gasteiger partial charge >= 0.3 is 6.18 Å². The Kier molecular flexibility index (Phi) is 4.81. The lowest BCUT2D eigenvalue weighted by Crippen LogP contribution is -2.03. The molecule has 130 valence electrons. The van der Waals surface area contributed by atoms with Crippen molar-refractivity contribution in [2.75, 3.05) is 0 Å². The summed E-state index contributed by atoms with van der Waals surface area (Å²) in [5, 5.41) is 0.670. The van der Waals surface area contributed by atoms with E-state index >= 15 is 0 Å². The second-order valence-electron chi connectivity index (χ2n) is 5.72. The van der Waals surface area contributed by atoms with Gasteiger partial charge in [-0.1, -0.05) is 24.3 Å². The standard InChI is InChI=1S/C19H16F3NOS/c1-12-4-3-5-16(10-12)24-13(2)17-11-23-18(25-17)14-6-8-15(9-7-14)19(20,21)22/h3-11,13H,1-2H3. The molecule has 0 N–H and O–H groups in total. The minimum atomic E-state index is -4.33. The lowest BCUT2D eigenvalue weighted by atomic mass is 10.1. The Labute approximate surface area is 147 Å². The van der Waals surface area contributed by atoms with Gasteiger partial charge in [-0.3, -0.25) is 0 Å². The minimum Gasteiger partial charge on any atom is -0.485 e. The molecule has 0 saturated carbocycles. The molecule has 1 atom stereocenters. The van der Waals surface area contributed by atoms with Crippen molar-refractivity contribution in [2.24, 2.45) is 0 Å². The number of ether oxygens (including phenoxy) is 1. The quantitative estimate of drug-likeness (QED) is 0.544. The molecule has 1 unspecified atom stereocenters. The van der Waals surface area contributed by atoms with Crippen LogP contribution < -0.4 is 4.74 Å². The topological polar surface area (TPSA) is 22.1 Å². The lowest BCUT2D eigenvalue weighted by molar-refractivity contribution is -0.137. The highest BCUT2D eigenvalue weighted by Gasteiger charge is 2.30. The van der Waals surface area contributed by atoms with Crippen LogP contribution in [0.4, 0.5) is 13.2 Å². The van der Waals surface area contributed by atoms with Crippen LogP contribution in [0.5, 0.6) is 5.75 Å². The summed E-state index contributed by atoms with van der Waals surface area (Å²) in [7, 11) is 0. The maximum Gasteiger partial charge on any atom is 0.416 e. The van der Waals surface area contributed by atoms with Crippen molar-refractivity contribution in [1.29, 1.82) is 0 Å². The molecule has 0 aliphatic rings. The third-order valence-electron chi connectivity index (χ3n) is 3.69. The molecule has 3 rings (SSSR count). The van der Waals surface area contributed by atoms with Gasteiger partial charge in [-0.05, 0) is 43.7 Å². The Hall–Kier alpha value is -2.34. The average Bonchev–Trinajstić information content (AvgIpc) is 3.04. The summed E-state index contributed by atoms with van der Waals surface area (Å²) in [6.45, 7) is 3.92. The molecule has 0 spiro atoms. The average molecular weight is 363 g/mol. The summed E-state index contributed by atoms with van der Waals surface area (Å²) in [5.74, 6) is 0.775. The summed E-state index contributed by atoms with van der Waals surface area (Å²) in [5.41, 5.74) is 1.11. The second-order valence-corrected chi connectivity index (χ2v) is 6.78. The molecule has 0 saturated heterocycles. The molecule has 0 fully saturated rings. The van der Waals surface area contributed by atoms with Crippen molar-refractivity contribution in [2.45, 2.75) is 26.1 Å². The number of aryl methyl sites for hydroxylation is 1. The number of rotatable bonds is 4. The number of thiazole rings is 1. The molecule has 6 heteroatoms. The van der Waals surface area contributed by atoms with Gasteiger partial charge < -0.3 is 4.74 Å². The Morgan fingerprint density at radius 3 is 2.44 bits per heavy atom. The molecule has 0 aliphatic heterocycles. The van der Waals surface area contributed by atoms with E-state index in [0.717, 1.165) is 28.3 Å². The summed E-state index contributed by atoms with van der Waals surface area (Å²) in [6, 6.07) is 12.8. The van der Waals surface area contributed by atoms with Crippen LogP contribution in [-0.4, -0.2) is 4.98 Å². The molecule has 1 aromatic heterocycles. The number of nitrogens with zero attached hydrogens (tertiary/aromatic N) is 1. The predicted octanol–water partition coefficient (Wildman–Crippen LogP) is 6.28. The number of benzene rings is 2. The number of aromatic nitrogens is 1. The highest BCUT2D eigenvalue weighted by molar-refractivity contribution is 7.15. The first-order chi connectivity index (χ1) is 11.8. The number of hydrogen-bond acceptors (Lipinski definition) is 3. The number of halogens is 3. The van der Waals surface area contributed by atoms with Crippen molar-refractivity contribution in [3.05, 3.63) is 70.7 Å². The van der Waals surface area contributed by atoms with Crippen LogP contribution in [0.25, 0.3) is 10.6 Å². The van der Waals surface area contributed by atoms with Crippen LogP contribution >= 0.6 is 11.3 Å². The van der Waals surface area contributed by atoms with E-state index in [4.69, 9.17) is 4.74 Å². The normalized spacial score (nSPS) is 12.8. The third-order valence-corrected chi connectivity index (χ3v) is 4.89. The number of hydrogen-bond donors (Lipinski definition) is 0. The fourth-order valence-electron chi connectivity index (χ4n) is 2.36. The SMILES string of the molecule is Cc1cccc(OC(C)c2cnc(-c3ccc(C(F)(F)F)cc3)s2)c1. The molecular weight excluding hydrogens is 347 g/mol. The van der Waals surface area contributed by atoms with Gasteiger partial charge in [0.2, 0.25) is 0 Å². The highest BCUT2D eigenvalue weighted by Crippen LogP contribution is 2.34. The summed E-state index contributed by atoms with van der Waals surface area (Å²) < 4.78 is 43.8. The van der Waals surface area contributed by atoms with E-state index in [1.54, 1.807) is 6.20 Å². The minimum absolute atomic E-state index is 0.192. The molecule has 1 heterocycles. The summed E-state index contributed by atoms with van der Waals surface area (Å²) in [6.07, 6.45) is -2.82. The Balaban J connectivity index is 1.75. The van der Waals surface area contributed by atoms with Crippen LogP contribution in [0.2, 0.25) is 0 Å². The maximum absolute atomic E-state index is 12.6. The van der Waals surface area contributed by atoms with E-state index in [1.807, 2.05) is 38.1 Å². The van der Waals surface area contributed by atoms with Crippen molar-refractivity contribution in [3.63, 3.8) is 0 Å². The van der Waals surface area contributed by atoms with E-state index in [9.17, 15) is 13.2 Å². The molecule has 2 aromatic carbocycles. The van der Waals surface area contributed by atoms with Crippen LogP contribution in [0, 0.1) is 6.92 Å².